The molecule has 0 aromatic rings. The molecule has 94 heavy (non-hydrogen) atoms. The summed E-state index contributed by atoms with van der Waals surface area (Å²) in [4.78, 5) is 0. The van der Waals surface area contributed by atoms with Crippen LogP contribution in [0.1, 0.15) is 13.3 Å². The van der Waals surface area contributed by atoms with Gasteiger partial charge in [0, 0.05) is 13.0 Å². The summed E-state index contributed by atoms with van der Waals surface area (Å²) in [6, 6.07) is 0. The summed E-state index contributed by atoms with van der Waals surface area (Å²) in [5, 5.41) is 0. The molecular formula is C46H96B18O30. The molecule has 30 unspecified atom stereocenters. The van der Waals surface area contributed by atoms with Crippen molar-refractivity contribution in [3.63, 3.8) is 0 Å². The molecule has 0 aliphatic carbocycles. The quantitative estimate of drug-likeness (QED) is 0.0512. The number of methoxy groups -OCH3 is 1. The SMILES string of the molecule is BOCC1OC(COCC2C(COB)OC(OCC3OC(COCC4C(COB)OC(COCC5C(COB)OC(OC)C(OB)C5OB)C(OB)C4OB)C(OB)C(OB)C3B=O)C(OB)C2OB)C(OB)C(OB)C1COCC1OC(CC)C(B=O)C(OB)C1OB. The van der Waals surface area contributed by atoms with Gasteiger partial charge in [0.2, 0.25) is 0 Å². The molecule has 6 saturated heterocycles. The molecule has 6 heterocycles. The van der Waals surface area contributed by atoms with Crippen LogP contribution in [0.25, 0.3) is 0 Å². The Labute approximate surface area is 570 Å². The van der Waals surface area contributed by atoms with Gasteiger partial charge in [-0.15, -0.1) is 0 Å². The summed E-state index contributed by atoms with van der Waals surface area (Å²) in [6.45, 7) is 3.75. The Kier molecular flexibility index (Phi) is 38.3. The number of hydrogen-bond acceptors (Lipinski definition) is 30. The van der Waals surface area contributed by atoms with Crippen LogP contribution < -0.4 is 0 Å². The molecule has 0 amide bonds. The van der Waals surface area contributed by atoms with E-state index in [-0.39, 0.29) is 104 Å². The first-order valence-electron chi connectivity index (χ1n) is 32.4. The summed E-state index contributed by atoms with van der Waals surface area (Å²) in [5.74, 6) is -2.78. The number of ether oxygens (including phenoxy) is 12. The third-order valence-electron chi connectivity index (χ3n) is 19.5. The number of hydrogen-bond donors (Lipinski definition) is 0. The average molecular weight is 1320 g/mol. The Hall–Kier alpha value is -0.351. The Morgan fingerprint density at radius 3 is 0.840 bits per heavy atom. The summed E-state index contributed by atoms with van der Waals surface area (Å²) in [5.41, 5.74) is 0. The Morgan fingerprint density at radius 2 is 0.543 bits per heavy atom. The van der Waals surface area contributed by atoms with Gasteiger partial charge in [0.25, 0.3) is 24.1 Å². The first-order chi connectivity index (χ1) is 45.8. The normalized spacial score (nSPS) is 41.1. The molecule has 0 radical (unpaired) electrons. The van der Waals surface area contributed by atoms with Crippen molar-refractivity contribution in [2.24, 2.45) is 23.7 Å². The molecular weight excluding hydrogens is 1230 g/mol. The van der Waals surface area contributed by atoms with E-state index in [1.165, 1.54) is 24.1 Å². The van der Waals surface area contributed by atoms with Gasteiger partial charge in [-0.2, -0.15) is 0 Å². The van der Waals surface area contributed by atoms with Gasteiger partial charge in [-0.25, -0.2) is 0 Å². The summed E-state index contributed by atoms with van der Waals surface area (Å²) in [7, 11) is 28.5. The molecule has 0 N–H and O–H groups in total. The molecule has 6 rings (SSSR count). The fourth-order valence-electron chi connectivity index (χ4n) is 14.9. The fraction of sp³-hybridized carbons (Fsp3) is 1.00. The zero-order valence-corrected chi connectivity index (χ0v) is 58.6. The van der Waals surface area contributed by atoms with Crippen LogP contribution in [0.5, 0.6) is 0 Å². The predicted octanol–water partition coefficient (Wildman–Crippen LogP) is -16.8. The van der Waals surface area contributed by atoms with E-state index in [0.29, 0.717) is 6.42 Å². The summed E-state index contributed by atoms with van der Waals surface area (Å²) >= 11 is 0. The Morgan fingerprint density at radius 1 is 0.277 bits per heavy atom. The molecule has 514 valence electrons. The van der Waals surface area contributed by atoms with E-state index in [1.54, 1.807) is 112 Å². The van der Waals surface area contributed by atoms with Crippen molar-refractivity contribution in [2.45, 2.75) is 172 Å². The van der Waals surface area contributed by atoms with E-state index >= 15 is 0 Å². The molecule has 0 spiro atoms. The standard InChI is InChI=1S/C46H96B18O30/c1-3-21-31(63-65)41(91-59)39(89-57)29(77-21)10-68-4-17-22(13-73-47)78-28(38(88-56)33(17)83-51)9-71-7-20-25(16-76-50)82-46(44(94-62)36(20)86-54)72-12-26-32(64-66)42(92-60)40(90-58)30(80-26)11-69-5-18-23(14-74-48)79-27(37(87-55)34(18)84-52)8-70-6-19-24(15-75-49)81-45(67-2)43(93-61)35(19)85-53/h17-46H,3-16,47-62H2,1-2H3. The van der Waals surface area contributed by atoms with Gasteiger partial charge in [0.15, 0.2) is 6.29 Å². The minimum atomic E-state index is -1.03. The third-order valence-corrected chi connectivity index (χ3v) is 19.5. The van der Waals surface area contributed by atoms with Crippen LogP contribution in [0.2, 0.25) is 11.6 Å². The van der Waals surface area contributed by atoms with Crippen LogP contribution >= 0.6 is 0 Å². The van der Waals surface area contributed by atoms with E-state index in [0.717, 1.165) is 14.3 Å². The molecule has 6 aliphatic heterocycles. The van der Waals surface area contributed by atoms with Gasteiger partial charge >= 0.3 is 469 Å². The minimum absolute atomic E-state index is 0.0122. The van der Waals surface area contributed by atoms with Gasteiger partial charge in [0.05, 0.1) is 25.4 Å². The average Bonchev–Trinajstić information content (AvgIpc) is 0.856. The molecule has 0 aromatic carbocycles. The third kappa shape index (κ3) is 20.3. The number of rotatable bonds is 43. The van der Waals surface area contributed by atoms with Crippen LogP contribution in [0.15, 0.2) is 0 Å². The van der Waals surface area contributed by atoms with E-state index < -0.39 is 164 Å². The van der Waals surface area contributed by atoms with Crippen molar-refractivity contribution in [1.29, 1.82) is 0 Å². The van der Waals surface area contributed by atoms with Crippen molar-refractivity contribution in [3.8, 4) is 0 Å². The van der Waals surface area contributed by atoms with Gasteiger partial charge < -0.3 is 28.2 Å². The van der Waals surface area contributed by atoms with Gasteiger partial charge in [-0.3, -0.25) is 0 Å². The molecule has 48 heteroatoms. The Balaban J connectivity index is 1.08. The molecule has 0 aromatic heterocycles. The first kappa shape index (κ1) is 82.6. The maximum absolute atomic E-state index is 13.1. The second-order valence-corrected chi connectivity index (χ2v) is 24.4. The van der Waals surface area contributed by atoms with E-state index in [2.05, 4.69) is 0 Å². The van der Waals surface area contributed by atoms with Crippen LogP contribution in [0, 0.1) is 23.7 Å². The molecule has 30 atom stereocenters. The van der Waals surface area contributed by atoms with E-state index in [1.807, 2.05) is 6.92 Å². The van der Waals surface area contributed by atoms with Crippen LogP contribution in [0.3, 0.4) is 0 Å². The second kappa shape index (κ2) is 43.6. The summed E-state index contributed by atoms with van der Waals surface area (Å²) < 4.78 is 197. The van der Waals surface area contributed by atoms with Crippen molar-refractivity contribution in [3.05, 3.63) is 0 Å². The van der Waals surface area contributed by atoms with Crippen molar-refractivity contribution >= 4 is 143 Å². The van der Waals surface area contributed by atoms with Crippen molar-refractivity contribution in [1.82, 2.24) is 0 Å². The molecule has 30 nitrogen and oxygen atoms in total. The monoisotopic (exact) mass is 1330 g/mol. The first-order valence-corrected chi connectivity index (χ1v) is 32.4. The molecule has 6 aliphatic rings. The topological polar surface area (TPSA) is 293 Å². The molecule has 0 saturated carbocycles. The van der Waals surface area contributed by atoms with Crippen molar-refractivity contribution < 1.29 is 141 Å². The van der Waals surface area contributed by atoms with E-state index in [9.17, 15) is 9.41 Å². The van der Waals surface area contributed by atoms with Gasteiger partial charge in [-0.1, -0.05) is 0 Å². The molecule has 0 bridgehead atoms. The van der Waals surface area contributed by atoms with E-state index in [4.69, 9.17) is 131 Å². The van der Waals surface area contributed by atoms with Crippen molar-refractivity contribution in [2.75, 3.05) is 93.0 Å². The predicted molar refractivity (Wildman–Crippen MR) is 372 cm³/mol. The zero-order chi connectivity index (χ0) is 68.4. The maximum atomic E-state index is 13.1. The zero-order valence-electron chi connectivity index (χ0n) is 58.6. The summed E-state index contributed by atoms with van der Waals surface area (Å²) in [6.07, 6.45) is -13.9. The second-order valence-electron chi connectivity index (χ2n) is 24.4. The Bertz CT molecular complexity index is 2100. The van der Waals surface area contributed by atoms with Crippen LogP contribution in [-0.4, -0.2) is 383 Å². The van der Waals surface area contributed by atoms with Crippen LogP contribution in [-0.2, 0) is 141 Å². The fourth-order valence-corrected chi connectivity index (χ4v) is 14.9. The van der Waals surface area contributed by atoms with Gasteiger partial charge in [0.1, 0.15) is 6.10 Å². The van der Waals surface area contributed by atoms with Gasteiger partial charge in [-0.05, 0) is 0 Å². The van der Waals surface area contributed by atoms with Crippen LogP contribution in [0.4, 0.5) is 0 Å². The molecule has 6 fully saturated rings.